The van der Waals surface area contributed by atoms with Gasteiger partial charge in [-0.2, -0.15) is 0 Å². The minimum absolute atomic E-state index is 0.271. The monoisotopic (exact) mass is 349 g/mol. The molecule has 1 saturated heterocycles. The molecule has 1 aliphatic heterocycles. The third-order valence-electron chi connectivity index (χ3n) is 6.96. The standard InChI is InChI=1S/C24H31NO/c1-18-9-10-21-16-23-19(2)24(22(21)15-18,11-13-25(23)3)12-14-26-17-20-7-5-4-6-8-20/h4-10,15,19,23H,11-14,16-17H2,1-3H3/t19-,23+,24+/m0/s1. The summed E-state index contributed by atoms with van der Waals surface area (Å²) in [5.74, 6) is 0.677. The summed E-state index contributed by atoms with van der Waals surface area (Å²) in [5, 5.41) is 0. The molecule has 2 aliphatic rings. The average Bonchev–Trinajstić information content (AvgIpc) is 2.65. The molecule has 1 heterocycles. The Bertz CT molecular complexity index is 756. The minimum atomic E-state index is 0.271. The molecule has 0 N–H and O–H groups in total. The number of piperidine rings is 1. The van der Waals surface area contributed by atoms with Gasteiger partial charge in [0.15, 0.2) is 0 Å². The van der Waals surface area contributed by atoms with E-state index in [-0.39, 0.29) is 5.41 Å². The van der Waals surface area contributed by atoms with Crippen LogP contribution in [0.5, 0.6) is 0 Å². The summed E-state index contributed by atoms with van der Waals surface area (Å²) in [6, 6.07) is 18.3. The Balaban J connectivity index is 1.55. The fourth-order valence-electron chi connectivity index (χ4n) is 5.29. The number of fused-ring (bicyclic) bond motifs is 4. The number of nitrogens with zero attached hydrogens (tertiary/aromatic N) is 1. The maximum atomic E-state index is 6.12. The summed E-state index contributed by atoms with van der Waals surface area (Å²) in [6.45, 7) is 7.45. The third-order valence-corrected chi connectivity index (χ3v) is 6.96. The van der Waals surface area contributed by atoms with Crippen LogP contribution in [0.15, 0.2) is 48.5 Å². The lowest BCUT2D eigenvalue weighted by molar-refractivity contribution is 0.0123. The first-order valence-electron chi connectivity index (χ1n) is 10.0. The highest BCUT2D eigenvalue weighted by atomic mass is 16.5. The number of hydrogen-bond donors (Lipinski definition) is 0. The molecule has 0 unspecified atom stereocenters. The quantitative estimate of drug-likeness (QED) is 0.723. The highest BCUT2D eigenvalue weighted by Crippen LogP contribution is 2.50. The topological polar surface area (TPSA) is 12.5 Å². The van der Waals surface area contributed by atoms with Crippen molar-refractivity contribution in [3.8, 4) is 0 Å². The lowest BCUT2D eigenvalue weighted by atomic mass is 9.56. The van der Waals surface area contributed by atoms with Crippen LogP contribution in [0.1, 0.15) is 42.0 Å². The third kappa shape index (κ3) is 3.10. The van der Waals surface area contributed by atoms with E-state index in [1.54, 1.807) is 11.1 Å². The van der Waals surface area contributed by atoms with Crippen LogP contribution < -0.4 is 0 Å². The Morgan fingerprint density at radius 3 is 2.77 bits per heavy atom. The fourth-order valence-corrected chi connectivity index (χ4v) is 5.29. The molecule has 0 spiro atoms. The van der Waals surface area contributed by atoms with Gasteiger partial charge in [0.05, 0.1) is 6.61 Å². The van der Waals surface area contributed by atoms with Crippen molar-refractivity contribution in [3.05, 3.63) is 70.8 Å². The smallest absolute Gasteiger partial charge is 0.0716 e. The van der Waals surface area contributed by atoms with E-state index >= 15 is 0 Å². The molecule has 0 radical (unpaired) electrons. The molecule has 0 amide bonds. The van der Waals surface area contributed by atoms with Crippen LogP contribution in [0.25, 0.3) is 0 Å². The van der Waals surface area contributed by atoms with Crippen LogP contribution >= 0.6 is 0 Å². The SMILES string of the molecule is Cc1ccc2c(c1)[C@@]1(CCOCc3ccccc3)CCN(C)[C@H](C2)[C@@H]1C. The van der Waals surface area contributed by atoms with Crippen molar-refractivity contribution in [2.75, 3.05) is 20.2 Å². The van der Waals surface area contributed by atoms with Gasteiger partial charge in [0.2, 0.25) is 0 Å². The molecule has 1 aliphatic carbocycles. The van der Waals surface area contributed by atoms with Crippen LogP contribution in [0.3, 0.4) is 0 Å². The second-order valence-corrected chi connectivity index (χ2v) is 8.40. The summed E-state index contributed by atoms with van der Waals surface area (Å²) >= 11 is 0. The van der Waals surface area contributed by atoms with Crippen molar-refractivity contribution in [3.63, 3.8) is 0 Å². The van der Waals surface area contributed by atoms with Crippen LogP contribution in [0, 0.1) is 12.8 Å². The van der Waals surface area contributed by atoms with Gasteiger partial charge in [-0.1, -0.05) is 61.0 Å². The molecule has 0 saturated carbocycles. The maximum absolute atomic E-state index is 6.12. The van der Waals surface area contributed by atoms with Crippen molar-refractivity contribution in [1.82, 2.24) is 4.90 Å². The van der Waals surface area contributed by atoms with E-state index in [9.17, 15) is 0 Å². The summed E-state index contributed by atoms with van der Waals surface area (Å²) in [5.41, 5.74) is 6.09. The van der Waals surface area contributed by atoms with Crippen LogP contribution in [0.2, 0.25) is 0 Å². The predicted molar refractivity (Wildman–Crippen MR) is 107 cm³/mol. The Morgan fingerprint density at radius 2 is 1.96 bits per heavy atom. The first-order valence-corrected chi connectivity index (χ1v) is 10.0. The zero-order valence-corrected chi connectivity index (χ0v) is 16.4. The molecule has 138 valence electrons. The van der Waals surface area contributed by atoms with E-state index < -0.39 is 0 Å². The summed E-state index contributed by atoms with van der Waals surface area (Å²) in [4.78, 5) is 2.58. The van der Waals surface area contributed by atoms with Crippen molar-refractivity contribution < 1.29 is 4.74 Å². The van der Waals surface area contributed by atoms with Gasteiger partial charge in [0, 0.05) is 18.1 Å². The molecular weight excluding hydrogens is 318 g/mol. The Hall–Kier alpha value is -1.64. The van der Waals surface area contributed by atoms with Crippen LogP contribution in [-0.4, -0.2) is 31.1 Å². The molecule has 2 nitrogen and oxygen atoms in total. The molecule has 4 rings (SSSR count). The van der Waals surface area contributed by atoms with E-state index in [1.807, 2.05) is 0 Å². The van der Waals surface area contributed by atoms with E-state index in [0.717, 1.165) is 19.6 Å². The maximum Gasteiger partial charge on any atom is 0.0716 e. The molecule has 26 heavy (non-hydrogen) atoms. The first-order chi connectivity index (χ1) is 12.6. The number of aryl methyl sites for hydroxylation is 1. The van der Waals surface area contributed by atoms with Crippen molar-refractivity contribution in [1.29, 1.82) is 0 Å². The second-order valence-electron chi connectivity index (χ2n) is 8.40. The molecule has 2 heteroatoms. The summed E-state index contributed by atoms with van der Waals surface area (Å²) in [7, 11) is 2.30. The van der Waals surface area contributed by atoms with Gasteiger partial charge in [-0.25, -0.2) is 0 Å². The van der Waals surface area contributed by atoms with Gasteiger partial charge in [0.1, 0.15) is 0 Å². The van der Waals surface area contributed by atoms with E-state index in [2.05, 4.69) is 74.3 Å². The molecule has 3 atom stereocenters. The Kier molecular flexibility index (Phi) is 4.90. The Morgan fingerprint density at radius 1 is 1.15 bits per heavy atom. The van der Waals surface area contributed by atoms with Gasteiger partial charge in [-0.15, -0.1) is 0 Å². The van der Waals surface area contributed by atoms with Crippen molar-refractivity contribution >= 4 is 0 Å². The van der Waals surface area contributed by atoms with Gasteiger partial charge in [-0.05, 0) is 62.4 Å². The summed E-state index contributed by atoms with van der Waals surface area (Å²) in [6.07, 6.45) is 3.56. The number of ether oxygens (including phenoxy) is 1. The van der Waals surface area contributed by atoms with Crippen molar-refractivity contribution in [2.24, 2.45) is 5.92 Å². The molecule has 2 aromatic carbocycles. The van der Waals surface area contributed by atoms with Crippen molar-refractivity contribution in [2.45, 2.75) is 51.2 Å². The largest absolute Gasteiger partial charge is 0.377 e. The van der Waals surface area contributed by atoms with E-state index in [1.165, 1.54) is 30.5 Å². The number of rotatable bonds is 5. The fraction of sp³-hybridized carbons (Fsp3) is 0.500. The Labute approximate surface area is 158 Å². The highest BCUT2D eigenvalue weighted by molar-refractivity contribution is 5.42. The van der Waals surface area contributed by atoms with Gasteiger partial charge >= 0.3 is 0 Å². The molecular formula is C24H31NO. The lowest BCUT2D eigenvalue weighted by Crippen LogP contribution is -2.58. The van der Waals surface area contributed by atoms with E-state index in [0.29, 0.717) is 12.0 Å². The zero-order chi connectivity index (χ0) is 18.1. The first kappa shape index (κ1) is 17.8. The minimum Gasteiger partial charge on any atom is -0.377 e. The number of likely N-dealkylation sites (N-methyl/N-ethyl adjacent to an activating group) is 1. The zero-order valence-electron chi connectivity index (χ0n) is 16.4. The molecule has 0 aromatic heterocycles. The van der Waals surface area contributed by atoms with Crippen LogP contribution in [0.4, 0.5) is 0 Å². The van der Waals surface area contributed by atoms with Gasteiger partial charge in [0.25, 0.3) is 0 Å². The van der Waals surface area contributed by atoms with Gasteiger partial charge < -0.3 is 9.64 Å². The number of hydrogen-bond acceptors (Lipinski definition) is 2. The molecule has 1 fully saturated rings. The summed E-state index contributed by atoms with van der Waals surface area (Å²) < 4.78 is 6.12. The normalized spacial score (nSPS) is 28.0. The molecule has 2 bridgehead atoms. The average molecular weight is 350 g/mol. The second kappa shape index (κ2) is 7.17. The predicted octanol–water partition coefficient (Wildman–Crippen LogP) is 4.74. The lowest BCUT2D eigenvalue weighted by Gasteiger charge is -2.55. The number of benzene rings is 2. The van der Waals surface area contributed by atoms with Gasteiger partial charge in [-0.3, -0.25) is 0 Å². The van der Waals surface area contributed by atoms with E-state index in [4.69, 9.17) is 4.74 Å². The number of likely N-dealkylation sites (tertiary alicyclic amines) is 1. The molecule has 2 aromatic rings. The highest BCUT2D eigenvalue weighted by Gasteiger charge is 2.49. The van der Waals surface area contributed by atoms with Crippen LogP contribution in [-0.2, 0) is 23.2 Å².